The largest absolute Gasteiger partial charge is 0.314 e. The van der Waals surface area contributed by atoms with Gasteiger partial charge in [0, 0.05) is 34.7 Å². The van der Waals surface area contributed by atoms with Gasteiger partial charge in [0.25, 0.3) is 5.56 Å². The predicted molar refractivity (Wildman–Crippen MR) is 88.1 cm³/mol. The third-order valence-corrected chi connectivity index (χ3v) is 5.35. The number of aromatic nitrogens is 1. The van der Waals surface area contributed by atoms with Crippen molar-refractivity contribution >= 4 is 22.5 Å². The summed E-state index contributed by atoms with van der Waals surface area (Å²) in [5, 5.41) is 1.82. The first-order valence-corrected chi connectivity index (χ1v) is 8.11. The lowest BCUT2D eigenvalue weighted by molar-refractivity contribution is 0.591. The highest BCUT2D eigenvalue weighted by Crippen LogP contribution is 2.39. The summed E-state index contributed by atoms with van der Waals surface area (Å²) in [7, 11) is 0. The van der Waals surface area contributed by atoms with Crippen LogP contribution in [0.1, 0.15) is 11.5 Å². The maximum absolute atomic E-state index is 12.6. The summed E-state index contributed by atoms with van der Waals surface area (Å²) in [4.78, 5) is 13.9. The van der Waals surface area contributed by atoms with Crippen LogP contribution in [-0.4, -0.2) is 10.3 Å². The van der Waals surface area contributed by atoms with Crippen LogP contribution in [0.4, 0.5) is 0 Å². The van der Waals surface area contributed by atoms with E-state index in [-0.39, 0.29) is 5.56 Å². The van der Waals surface area contributed by atoms with Gasteiger partial charge in [-0.25, -0.2) is 0 Å². The highest BCUT2D eigenvalue weighted by molar-refractivity contribution is 7.99. The number of nitrogens with zero attached hydrogens (tertiary/aromatic N) is 1. The first kappa shape index (κ1) is 12.7. The van der Waals surface area contributed by atoms with Crippen molar-refractivity contribution in [2.45, 2.75) is 17.4 Å². The van der Waals surface area contributed by atoms with E-state index in [0.717, 1.165) is 23.1 Å². The van der Waals surface area contributed by atoms with Crippen molar-refractivity contribution in [3.8, 4) is 0 Å². The van der Waals surface area contributed by atoms with E-state index in [9.17, 15) is 4.79 Å². The molecule has 4 rings (SSSR count). The smallest absolute Gasteiger partial charge is 0.258 e. The lowest BCUT2D eigenvalue weighted by Crippen LogP contribution is -2.22. The van der Waals surface area contributed by atoms with Crippen LogP contribution in [0.25, 0.3) is 10.8 Å². The first-order valence-electron chi connectivity index (χ1n) is 7.13. The number of benzene rings is 2. The lowest BCUT2D eigenvalue weighted by atomic mass is 10.0. The molecule has 0 bridgehead atoms. The Labute approximate surface area is 127 Å². The van der Waals surface area contributed by atoms with Crippen LogP contribution in [0.5, 0.6) is 0 Å². The molecule has 1 aliphatic rings. The number of rotatable bonds is 2. The summed E-state index contributed by atoms with van der Waals surface area (Å²) in [5.74, 6) is 1.48. The monoisotopic (exact) mass is 293 g/mol. The van der Waals surface area contributed by atoms with Crippen molar-refractivity contribution in [3.63, 3.8) is 0 Å². The van der Waals surface area contributed by atoms with Crippen molar-refractivity contribution in [2.75, 3.05) is 5.75 Å². The highest BCUT2D eigenvalue weighted by atomic mass is 32.2. The van der Waals surface area contributed by atoms with Gasteiger partial charge in [0.1, 0.15) is 0 Å². The van der Waals surface area contributed by atoms with Crippen LogP contribution in [0, 0.1) is 0 Å². The summed E-state index contributed by atoms with van der Waals surface area (Å²) in [6, 6.07) is 18.3. The number of fused-ring (bicyclic) bond motifs is 2. The Kier molecular flexibility index (Phi) is 3.08. The van der Waals surface area contributed by atoms with E-state index >= 15 is 0 Å². The van der Waals surface area contributed by atoms with Gasteiger partial charge in [0.2, 0.25) is 0 Å². The van der Waals surface area contributed by atoms with E-state index in [0.29, 0.717) is 5.92 Å². The van der Waals surface area contributed by atoms with E-state index in [1.807, 2.05) is 52.9 Å². The molecule has 0 aliphatic carbocycles. The Morgan fingerprint density at radius 1 is 1.05 bits per heavy atom. The topological polar surface area (TPSA) is 22.0 Å². The second kappa shape index (κ2) is 5.08. The predicted octanol–water partition coefficient (Wildman–Crippen LogP) is 3.89. The zero-order valence-corrected chi connectivity index (χ0v) is 12.3. The zero-order valence-electron chi connectivity index (χ0n) is 11.5. The van der Waals surface area contributed by atoms with Crippen molar-refractivity contribution in [1.29, 1.82) is 0 Å². The van der Waals surface area contributed by atoms with Gasteiger partial charge in [-0.2, -0.15) is 0 Å². The van der Waals surface area contributed by atoms with E-state index < -0.39 is 0 Å². The van der Waals surface area contributed by atoms with Gasteiger partial charge < -0.3 is 4.57 Å². The minimum absolute atomic E-state index is 0.113. The molecule has 1 unspecified atom stereocenters. The molecule has 21 heavy (non-hydrogen) atoms. The fraction of sp³-hybridized carbons (Fsp3) is 0.167. The molecule has 0 fully saturated rings. The van der Waals surface area contributed by atoms with Crippen LogP contribution >= 0.6 is 11.8 Å². The minimum Gasteiger partial charge on any atom is -0.314 e. The van der Waals surface area contributed by atoms with Crippen molar-refractivity contribution in [2.24, 2.45) is 0 Å². The molecule has 0 radical (unpaired) electrons. The van der Waals surface area contributed by atoms with Gasteiger partial charge in [-0.05, 0) is 29.1 Å². The molecule has 2 heterocycles. The van der Waals surface area contributed by atoms with Crippen LogP contribution in [0.15, 0.2) is 70.5 Å². The molecule has 1 atom stereocenters. The van der Waals surface area contributed by atoms with E-state index in [1.165, 1.54) is 10.5 Å². The molecule has 0 saturated heterocycles. The second-order valence-corrected chi connectivity index (χ2v) is 6.47. The zero-order chi connectivity index (χ0) is 14.2. The molecule has 2 aromatic carbocycles. The summed E-state index contributed by atoms with van der Waals surface area (Å²) < 4.78 is 1.86. The molecule has 0 saturated carbocycles. The lowest BCUT2D eigenvalue weighted by Gasteiger charge is -2.13. The Morgan fingerprint density at radius 3 is 2.81 bits per heavy atom. The molecule has 2 nitrogen and oxygen atoms in total. The Hall–Kier alpha value is -2.00. The molecule has 1 aliphatic heterocycles. The average Bonchev–Trinajstić information content (AvgIpc) is 2.94. The van der Waals surface area contributed by atoms with Gasteiger partial charge in [0.15, 0.2) is 0 Å². The Balaban J connectivity index is 1.73. The molecule has 3 aromatic rings. The third-order valence-electron chi connectivity index (χ3n) is 4.10. The quantitative estimate of drug-likeness (QED) is 0.715. The number of hydrogen-bond acceptors (Lipinski definition) is 2. The minimum atomic E-state index is 0.113. The highest BCUT2D eigenvalue weighted by Gasteiger charge is 2.23. The molecule has 0 spiro atoms. The normalized spacial score (nSPS) is 17.0. The molecule has 3 heteroatoms. The molecular formula is C18H15NOS. The molecule has 0 amide bonds. The number of pyridine rings is 1. The first-order chi connectivity index (χ1) is 10.3. The van der Waals surface area contributed by atoms with E-state index in [1.54, 1.807) is 0 Å². The van der Waals surface area contributed by atoms with Gasteiger partial charge >= 0.3 is 0 Å². The molecule has 0 N–H and O–H groups in total. The van der Waals surface area contributed by atoms with Crippen LogP contribution in [0.3, 0.4) is 0 Å². The second-order valence-electron chi connectivity index (χ2n) is 5.41. The van der Waals surface area contributed by atoms with Gasteiger partial charge in [-0.3, -0.25) is 4.79 Å². The van der Waals surface area contributed by atoms with Gasteiger partial charge in [0.05, 0.1) is 0 Å². The van der Waals surface area contributed by atoms with Crippen molar-refractivity contribution in [3.05, 3.63) is 76.7 Å². The van der Waals surface area contributed by atoms with Crippen LogP contribution in [0.2, 0.25) is 0 Å². The van der Waals surface area contributed by atoms with Crippen molar-refractivity contribution in [1.82, 2.24) is 4.57 Å². The van der Waals surface area contributed by atoms with E-state index in [2.05, 4.69) is 24.3 Å². The van der Waals surface area contributed by atoms with Crippen LogP contribution < -0.4 is 5.56 Å². The maximum Gasteiger partial charge on any atom is 0.258 e. The molecule has 1 aromatic heterocycles. The molecule has 104 valence electrons. The number of thioether (sulfide) groups is 1. The van der Waals surface area contributed by atoms with Gasteiger partial charge in [-0.1, -0.05) is 36.4 Å². The average molecular weight is 293 g/mol. The van der Waals surface area contributed by atoms with Crippen molar-refractivity contribution < 1.29 is 0 Å². The maximum atomic E-state index is 12.6. The Morgan fingerprint density at radius 2 is 1.86 bits per heavy atom. The van der Waals surface area contributed by atoms with Crippen LogP contribution in [-0.2, 0) is 6.54 Å². The summed E-state index contributed by atoms with van der Waals surface area (Å²) in [6.07, 6.45) is 1.93. The SMILES string of the molecule is O=c1c2ccccc2ccn1CC1CSc2ccccc21. The Bertz CT molecular complexity index is 868. The molecular weight excluding hydrogens is 278 g/mol. The number of hydrogen-bond donors (Lipinski definition) is 0. The van der Waals surface area contributed by atoms with E-state index in [4.69, 9.17) is 0 Å². The third kappa shape index (κ3) is 2.18. The summed E-state index contributed by atoms with van der Waals surface area (Å²) in [6.45, 7) is 0.758. The standard InChI is InChI=1S/C18H15NOS/c20-18-16-7-2-1-5-13(16)9-10-19(18)11-14-12-21-17-8-4-3-6-15(14)17/h1-10,14H,11-12H2. The summed E-state index contributed by atoms with van der Waals surface area (Å²) in [5.41, 5.74) is 1.49. The summed E-state index contributed by atoms with van der Waals surface area (Å²) >= 11 is 1.89. The fourth-order valence-corrected chi connectivity index (χ4v) is 4.23. The van der Waals surface area contributed by atoms with Gasteiger partial charge in [-0.15, -0.1) is 11.8 Å². The fourth-order valence-electron chi connectivity index (χ4n) is 2.99.